The fourth-order valence-electron chi connectivity index (χ4n) is 1.74. The Kier molecular flexibility index (Phi) is 2.98. The fourth-order valence-corrected chi connectivity index (χ4v) is 2.34. The molecule has 0 aliphatic rings. The number of benzene rings is 1. The van der Waals surface area contributed by atoms with Crippen LogP contribution in [0.5, 0.6) is 5.75 Å². The van der Waals surface area contributed by atoms with E-state index in [1.807, 2.05) is 22.8 Å². The van der Waals surface area contributed by atoms with Gasteiger partial charge < -0.3 is 15.4 Å². The van der Waals surface area contributed by atoms with Crippen LogP contribution in [0.1, 0.15) is 6.42 Å². The number of halogens is 1. The van der Waals surface area contributed by atoms with Crippen molar-refractivity contribution in [2.45, 2.75) is 13.0 Å². The Morgan fingerprint density at radius 2 is 2.20 bits per heavy atom. The number of nitrogens with zero attached hydrogens (tertiary/aromatic N) is 1. The molecule has 0 saturated carbocycles. The summed E-state index contributed by atoms with van der Waals surface area (Å²) in [6, 6.07) is 7.54. The zero-order chi connectivity index (χ0) is 10.8. The first-order valence-electron chi connectivity index (χ1n) is 4.91. The third-order valence-electron chi connectivity index (χ3n) is 2.43. The molecule has 0 unspecified atom stereocenters. The van der Waals surface area contributed by atoms with Crippen molar-refractivity contribution in [1.29, 1.82) is 0 Å². The van der Waals surface area contributed by atoms with Gasteiger partial charge >= 0.3 is 0 Å². The molecule has 1 heterocycles. The number of phenols is 1. The number of aromatic nitrogens is 1. The van der Waals surface area contributed by atoms with Gasteiger partial charge in [0.1, 0.15) is 5.75 Å². The highest BCUT2D eigenvalue weighted by atomic mass is 79.9. The van der Waals surface area contributed by atoms with E-state index in [0.717, 1.165) is 28.5 Å². The van der Waals surface area contributed by atoms with Crippen molar-refractivity contribution < 1.29 is 5.11 Å². The van der Waals surface area contributed by atoms with E-state index in [-0.39, 0.29) is 0 Å². The summed E-state index contributed by atoms with van der Waals surface area (Å²) < 4.78 is 3.02. The van der Waals surface area contributed by atoms with E-state index in [9.17, 15) is 5.11 Å². The molecule has 0 fully saturated rings. The highest BCUT2D eigenvalue weighted by Crippen LogP contribution is 2.30. The van der Waals surface area contributed by atoms with Crippen LogP contribution in [0.15, 0.2) is 28.9 Å². The number of aromatic hydroxyl groups is 1. The molecular formula is C11H13BrN2O. The minimum atomic E-state index is 0.315. The lowest BCUT2D eigenvalue weighted by Crippen LogP contribution is -2.05. The summed E-state index contributed by atoms with van der Waals surface area (Å²) in [5.74, 6) is 0.315. The molecule has 0 saturated heterocycles. The van der Waals surface area contributed by atoms with Crippen molar-refractivity contribution in [3.63, 3.8) is 0 Å². The second-order valence-corrected chi connectivity index (χ2v) is 4.29. The molecule has 1 aromatic heterocycles. The Hall–Kier alpha value is -1.00. The number of para-hydroxylation sites is 1. The van der Waals surface area contributed by atoms with Gasteiger partial charge in [-0.15, -0.1) is 0 Å². The molecule has 0 radical (unpaired) electrons. The van der Waals surface area contributed by atoms with E-state index in [1.165, 1.54) is 0 Å². The van der Waals surface area contributed by atoms with E-state index in [0.29, 0.717) is 12.3 Å². The van der Waals surface area contributed by atoms with Gasteiger partial charge in [0.15, 0.2) is 0 Å². The normalized spacial score (nSPS) is 11.1. The summed E-state index contributed by atoms with van der Waals surface area (Å²) in [6.07, 6.45) is 0.900. The van der Waals surface area contributed by atoms with Crippen molar-refractivity contribution >= 4 is 26.8 Å². The molecule has 1 aromatic carbocycles. The zero-order valence-corrected chi connectivity index (χ0v) is 9.87. The van der Waals surface area contributed by atoms with Crippen LogP contribution in [0.25, 0.3) is 10.9 Å². The summed E-state index contributed by atoms with van der Waals surface area (Å²) in [5, 5.41) is 10.8. The Bertz CT molecular complexity index is 479. The third-order valence-corrected chi connectivity index (χ3v) is 3.09. The van der Waals surface area contributed by atoms with Gasteiger partial charge in [-0.3, -0.25) is 0 Å². The highest BCUT2D eigenvalue weighted by Gasteiger charge is 2.09. The number of hydrogen-bond acceptors (Lipinski definition) is 2. The lowest BCUT2D eigenvalue weighted by atomic mass is 10.2. The van der Waals surface area contributed by atoms with Crippen molar-refractivity contribution in [2.24, 2.45) is 5.73 Å². The standard InChI is InChI=1S/C11H13BrN2O/c12-10-7-8-3-1-4-9(15)11(8)14(10)6-2-5-13/h1,3-4,7,15H,2,5-6,13H2. The van der Waals surface area contributed by atoms with Crippen molar-refractivity contribution in [3.05, 3.63) is 28.9 Å². The molecule has 2 rings (SSSR count). The van der Waals surface area contributed by atoms with E-state index in [1.54, 1.807) is 6.07 Å². The number of nitrogens with two attached hydrogens (primary N) is 1. The molecule has 0 atom stereocenters. The van der Waals surface area contributed by atoms with Crippen LogP contribution in [0.2, 0.25) is 0 Å². The first-order chi connectivity index (χ1) is 7.24. The molecule has 2 aromatic rings. The van der Waals surface area contributed by atoms with Crippen LogP contribution in [0, 0.1) is 0 Å². The lowest BCUT2D eigenvalue weighted by Gasteiger charge is -2.07. The van der Waals surface area contributed by atoms with E-state index < -0.39 is 0 Å². The predicted octanol–water partition coefficient (Wildman–Crippen LogP) is 2.46. The Morgan fingerprint density at radius 3 is 2.93 bits per heavy atom. The molecule has 4 heteroatoms. The maximum absolute atomic E-state index is 9.79. The third kappa shape index (κ3) is 1.87. The number of fused-ring (bicyclic) bond motifs is 1. The molecule has 0 aliphatic heterocycles. The topological polar surface area (TPSA) is 51.2 Å². The number of aryl methyl sites for hydroxylation is 1. The fraction of sp³-hybridized carbons (Fsp3) is 0.273. The minimum Gasteiger partial charge on any atom is -0.506 e. The van der Waals surface area contributed by atoms with Crippen LogP contribution in [0.4, 0.5) is 0 Å². The first-order valence-corrected chi connectivity index (χ1v) is 5.70. The van der Waals surface area contributed by atoms with Gasteiger partial charge in [0.05, 0.1) is 10.1 Å². The van der Waals surface area contributed by atoms with Gasteiger partial charge in [-0.25, -0.2) is 0 Å². The molecule has 0 spiro atoms. The predicted molar refractivity (Wildman–Crippen MR) is 65.0 cm³/mol. The molecule has 15 heavy (non-hydrogen) atoms. The SMILES string of the molecule is NCCCn1c(Br)cc2cccc(O)c21. The van der Waals surface area contributed by atoms with E-state index >= 15 is 0 Å². The quantitative estimate of drug-likeness (QED) is 0.899. The Balaban J connectivity index is 2.55. The summed E-state index contributed by atoms with van der Waals surface area (Å²) in [6.45, 7) is 1.47. The van der Waals surface area contributed by atoms with Crippen molar-refractivity contribution in [1.82, 2.24) is 4.57 Å². The van der Waals surface area contributed by atoms with Crippen LogP contribution < -0.4 is 5.73 Å². The summed E-state index contributed by atoms with van der Waals surface area (Å²) in [5.41, 5.74) is 6.36. The molecule has 3 N–H and O–H groups in total. The largest absolute Gasteiger partial charge is 0.506 e. The Morgan fingerprint density at radius 1 is 1.40 bits per heavy atom. The van der Waals surface area contributed by atoms with Gasteiger partial charge in [-0.1, -0.05) is 12.1 Å². The highest BCUT2D eigenvalue weighted by molar-refractivity contribution is 9.10. The summed E-state index contributed by atoms with van der Waals surface area (Å²) >= 11 is 3.48. The van der Waals surface area contributed by atoms with Crippen LogP contribution in [0.3, 0.4) is 0 Å². The minimum absolute atomic E-state index is 0.315. The van der Waals surface area contributed by atoms with Gasteiger partial charge in [0, 0.05) is 11.9 Å². The first kappa shape index (κ1) is 10.5. The maximum Gasteiger partial charge on any atom is 0.139 e. The average Bonchev–Trinajstić information content (AvgIpc) is 2.53. The van der Waals surface area contributed by atoms with Crippen LogP contribution >= 0.6 is 15.9 Å². The maximum atomic E-state index is 9.79. The van der Waals surface area contributed by atoms with Gasteiger partial charge in [-0.05, 0) is 41.0 Å². The van der Waals surface area contributed by atoms with Crippen LogP contribution in [-0.2, 0) is 6.54 Å². The molecule has 0 aliphatic carbocycles. The molecule has 0 bridgehead atoms. The van der Waals surface area contributed by atoms with Gasteiger partial charge in [0.2, 0.25) is 0 Å². The lowest BCUT2D eigenvalue weighted by molar-refractivity contribution is 0.476. The monoisotopic (exact) mass is 268 g/mol. The van der Waals surface area contributed by atoms with Crippen molar-refractivity contribution in [2.75, 3.05) is 6.54 Å². The smallest absolute Gasteiger partial charge is 0.139 e. The molecular weight excluding hydrogens is 256 g/mol. The summed E-state index contributed by atoms with van der Waals surface area (Å²) in [4.78, 5) is 0. The molecule has 0 amide bonds. The second kappa shape index (κ2) is 4.24. The summed E-state index contributed by atoms with van der Waals surface area (Å²) in [7, 11) is 0. The molecule has 80 valence electrons. The van der Waals surface area contributed by atoms with Crippen molar-refractivity contribution in [3.8, 4) is 5.75 Å². The van der Waals surface area contributed by atoms with E-state index in [2.05, 4.69) is 15.9 Å². The Labute approximate surface area is 96.6 Å². The average molecular weight is 269 g/mol. The number of hydrogen-bond donors (Lipinski definition) is 2. The zero-order valence-electron chi connectivity index (χ0n) is 8.28. The number of phenolic OH excluding ortho intramolecular Hbond substituents is 1. The molecule has 3 nitrogen and oxygen atoms in total. The second-order valence-electron chi connectivity index (χ2n) is 3.48. The van der Waals surface area contributed by atoms with E-state index in [4.69, 9.17) is 5.73 Å². The number of rotatable bonds is 3. The van der Waals surface area contributed by atoms with Gasteiger partial charge in [-0.2, -0.15) is 0 Å². The van der Waals surface area contributed by atoms with Gasteiger partial charge in [0.25, 0.3) is 0 Å². The van der Waals surface area contributed by atoms with Crippen LogP contribution in [-0.4, -0.2) is 16.2 Å².